The van der Waals surface area contributed by atoms with E-state index in [-0.39, 0.29) is 12.2 Å². The molecule has 0 radical (unpaired) electrons. The number of sulfone groups is 1. The lowest BCUT2D eigenvalue weighted by Crippen LogP contribution is -2.11. The number of aryl methyl sites for hydroxylation is 1. The van der Waals surface area contributed by atoms with Crippen molar-refractivity contribution in [2.75, 3.05) is 5.75 Å². The lowest BCUT2D eigenvalue weighted by Gasteiger charge is -2.11. The van der Waals surface area contributed by atoms with Crippen LogP contribution in [-0.2, 0) is 9.84 Å². The van der Waals surface area contributed by atoms with Crippen molar-refractivity contribution < 1.29 is 13.5 Å². The summed E-state index contributed by atoms with van der Waals surface area (Å²) in [6.45, 7) is 1.86. The monoisotopic (exact) mass is 290 g/mol. The maximum Gasteiger partial charge on any atom is 0.178 e. The van der Waals surface area contributed by atoms with E-state index in [1.807, 2.05) is 31.2 Å². The Morgan fingerprint density at radius 2 is 1.75 bits per heavy atom. The Hall–Kier alpha value is -1.65. The van der Waals surface area contributed by atoms with E-state index in [2.05, 4.69) is 0 Å². The fraction of sp³-hybridized carbons (Fsp3) is 0.250. The number of benzene rings is 2. The molecule has 4 heteroatoms. The van der Waals surface area contributed by atoms with Gasteiger partial charge < -0.3 is 5.11 Å². The normalized spacial score (nSPS) is 13.1. The van der Waals surface area contributed by atoms with Crippen LogP contribution in [0.1, 0.15) is 23.7 Å². The largest absolute Gasteiger partial charge is 0.388 e. The van der Waals surface area contributed by atoms with Crippen molar-refractivity contribution in [3.05, 3.63) is 65.7 Å². The van der Waals surface area contributed by atoms with Crippen LogP contribution < -0.4 is 0 Å². The maximum absolute atomic E-state index is 12.2. The van der Waals surface area contributed by atoms with Gasteiger partial charge in [-0.3, -0.25) is 0 Å². The van der Waals surface area contributed by atoms with Crippen molar-refractivity contribution in [1.82, 2.24) is 0 Å². The van der Waals surface area contributed by atoms with Gasteiger partial charge in [0.2, 0.25) is 0 Å². The first-order valence-electron chi connectivity index (χ1n) is 6.51. The molecule has 2 rings (SSSR count). The van der Waals surface area contributed by atoms with Gasteiger partial charge >= 0.3 is 0 Å². The van der Waals surface area contributed by atoms with E-state index in [0.717, 1.165) is 11.1 Å². The third-order valence-electron chi connectivity index (χ3n) is 3.19. The van der Waals surface area contributed by atoms with Crippen LogP contribution in [0.2, 0.25) is 0 Å². The van der Waals surface area contributed by atoms with Crippen molar-refractivity contribution in [2.45, 2.75) is 24.3 Å². The molecular formula is C16H18O3S. The molecule has 0 aliphatic heterocycles. The van der Waals surface area contributed by atoms with E-state index in [4.69, 9.17) is 0 Å². The number of aliphatic hydroxyl groups excluding tert-OH is 1. The first-order chi connectivity index (χ1) is 9.49. The Labute approximate surface area is 119 Å². The molecule has 0 aliphatic carbocycles. The van der Waals surface area contributed by atoms with E-state index < -0.39 is 15.9 Å². The first-order valence-corrected chi connectivity index (χ1v) is 8.17. The van der Waals surface area contributed by atoms with Crippen molar-refractivity contribution in [3.8, 4) is 0 Å². The van der Waals surface area contributed by atoms with E-state index >= 15 is 0 Å². The zero-order valence-corrected chi connectivity index (χ0v) is 12.2. The van der Waals surface area contributed by atoms with Crippen LogP contribution in [-0.4, -0.2) is 19.3 Å². The second-order valence-corrected chi connectivity index (χ2v) is 6.96. The number of aliphatic hydroxyl groups is 1. The van der Waals surface area contributed by atoms with Gasteiger partial charge in [-0.25, -0.2) is 8.42 Å². The minimum Gasteiger partial charge on any atom is -0.388 e. The predicted molar refractivity (Wildman–Crippen MR) is 79.3 cm³/mol. The molecule has 0 saturated carbocycles. The van der Waals surface area contributed by atoms with Crippen LogP contribution in [0.25, 0.3) is 0 Å². The van der Waals surface area contributed by atoms with Gasteiger partial charge in [0.25, 0.3) is 0 Å². The zero-order chi connectivity index (χ0) is 14.6. The summed E-state index contributed by atoms with van der Waals surface area (Å²) in [4.78, 5) is 0.317. The number of rotatable bonds is 5. The summed E-state index contributed by atoms with van der Waals surface area (Å²) in [6.07, 6.45) is -0.559. The van der Waals surface area contributed by atoms with Gasteiger partial charge in [0.15, 0.2) is 9.84 Å². The molecule has 20 heavy (non-hydrogen) atoms. The second kappa shape index (κ2) is 6.20. The molecule has 1 atom stereocenters. The van der Waals surface area contributed by atoms with Crippen LogP contribution in [0.4, 0.5) is 0 Å². The van der Waals surface area contributed by atoms with Gasteiger partial charge in [-0.15, -0.1) is 0 Å². The average molecular weight is 290 g/mol. The van der Waals surface area contributed by atoms with E-state index in [1.54, 1.807) is 30.3 Å². The van der Waals surface area contributed by atoms with Crippen LogP contribution in [0.15, 0.2) is 59.5 Å². The summed E-state index contributed by atoms with van der Waals surface area (Å²) in [5.41, 5.74) is 1.65. The predicted octanol–water partition coefficient (Wildman–Crippen LogP) is 2.89. The topological polar surface area (TPSA) is 54.4 Å². The van der Waals surface area contributed by atoms with Crippen LogP contribution in [0, 0.1) is 6.92 Å². The van der Waals surface area contributed by atoms with E-state index in [1.165, 1.54) is 0 Å². The minimum atomic E-state index is -3.35. The van der Waals surface area contributed by atoms with Gasteiger partial charge in [-0.2, -0.15) is 0 Å². The van der Waals surface area contributed by atoms with Gasteiger partial charge in [-0.1, -0.05) is 42.5 Å². The van der Waals surface area contributed by atoms with E-state index in [0.29, 0.717) is 4.90 Å². The molecule has 0 spiro atoms. The summed E-state index contributed by atoms with van der Waals surface area (Å²) in [5, 5.41) is 10.0. The highest BCUT2D eigenvalue weighted by atomic mass is 32.2. The molecule has 0 heterocycles. The quantitative estimate of drug-likeness (QED) is 0.921. The smallest absolute Gasteiger partial charge is 0.178 e. The van der Waals surface area contributed by atoms with Crippen LogP contribution >= 0.6 is 0 Å². The number of hydrogen-bond acceptors (Lipinski definition) is 3. The van der Waals surface area contributed by atoms with Crippen molar-refractivity contribution in [2.24, 2.45) is 0 Å². The van der Waals surface area contributed by atoms with Crippen molar-refractivity contribution in [3.63, 3.8) is 0 Å². The minimum absolute atomic E-state index is 0.0630. The Morgan fingerprint density at radius 1 is 1.05 bits per heavy atom. The highest BCUT2D eigenvalue weighted by Crippen LogP contribution is 2.20. The lowest BCUT2D eigenvalue weighted by molar-refractivity contribution is 0.174. The molecule has 2 aromatic carbocycles. The maximum atomic E-state index is 12.2. The Morgan fingerprint density at radius 3 is 2.40 bits per heavy atom. The molecule has 0 aliphatic rings. The first kappa shape index (κ1) is 14.8. The third kappa shape index (κ3) is 3.68. The van der Waals surface area contributed by atoms with Crippen molar-refractivity contribution in [1.29, 1.82) is 0 Å². The van der Waals surface area contributed by atoms with Crippen LogP contribution in [0.5, 0.6) is 0 Å². The number of hydrogen-bond donors (Lipinski definition) is 1. The van der Waals surface area contributed by atoms with Gasteiger partial charge in [0, 0.05) is 0 Å². The highest BCUT2D eigenvalue weighted by molar-refractivity contribution is 7.91. The molecule has 106 valence electrons. The third-order valence-corrected chi connectivity index (χ3v) is 4.94. The Bertz CT molecular complexity index is 663. The highest BCUT2D eigenvalue weighted by Gasteiger charge is 2.17. The molecule has 0 fully saturated rings. The molecule has 0 saturated heterocycles. The molecule has 0 amide bonds. The summed E-state index contributed by atoms with van der Waals surface area (Å²) in [7, 11) is -3.35. The molecule has 1 N–H and O–H groups in total. The molecule has 1 unspecified atom stereocenters. The molecule has 3 nitrogen and oxygen atoms in total. The molecule has 2 aromatic rings. The van der Waals surface area contributed by atoms with E-state index in [9.17, 15) is 13.5 Å². The Kier molecular flexibility index (Phi) is 4.57. The SMILES string of the molecule is Cc1cccc(S(=O)(=O)CCC(O)c2ccccc2)c1. The summed E-state index contributed by atoms with van der Waals surface area (Å²) in [6, 6.07) is 15.9. The van der Waals surface area contributed by atoms with Crippen molar-refractivity contribution >= 4 is 9.84 Å². The molecular weight excluding hydrogens is 272 g/mol. The zero-order valence-electron chi connectivity index (χ0n) is 11.4. The van der Waals surface area contributed by atoms with Gasteiger partial charge in [-0.05, 0) is 36.6 Å². The fourth-order valence-electron chi connectivity index (χ4n) is 2.04. The summed E-state index contributed by atoms with van der Waals surface area (Å²) in [5.74, 6) is -0.0630. The second-order valence-electron chi connectivity index (χ2n) is 4.85. The van der Waals surface area contributed by atoms with Crippen LogP contribution in [0.3, 0.4) is 0 Å². The average Bonchev–Trinajstić information content (AvgIpc) is 2.46. The fourth-order valence-corrected chi connectivity index (χ4v) is 3.46. The summed E-state index contributed by atoms with van der Waals surface area (Å²) < 4.78 is 24.4. The Balaban J connectivity index is 2.07. The van der Waals surface area contributed by atoms with Gasteiger partial charge in [0.1, 0.15) is 0 Å². The lowest BCUT2D eigenvalue weighted by atomic mass is 10.1. The molecule has 0 bridgehead atoms. The molecule has 0 aromatic heterocycles. The van der Waals surface area contributed by atoms with Gasteiger partial charge in [0.05, 0.1) is 16.8 Å². The standard InChI is InChI=1S/C16H18O3S/c1-13-6-5-9-15(12-13)20(18,19)11-10-16(17)14-7-3-2-4-8-14/h2-9,12,16-17H,10-11H2,1H3. The summed E-state index contributed by atoms with van der Waals surface area (Å²) >= 11 is 0.